The fourth-order valence-corrected chi connectivity index (χ4v) is 2.78. The summed E-state index contributed by atoms with van der Waals surface area (Å²) < 4.78 is 44.6. The number of hydrogen-bond acceptors (Lipinski definition) is 3. The molecule has 0 amide bonds. The van der Waals surface area contributed by atoms with Crippen LogP contribution >= 0.6 is 11.6 Å². The van der Waals surface area contributed by atoms with Gasteiger partial charge >= 0.3 is 0 Å². The zero-order valence-electron chi connectivity index (χ0n) is 9.77. The molecule has 1 aromatic heterocycles. The van der Waals surface area contributed by atoms with Gasteiger partial charge in [0.15, 0.2) is 0 Å². The van der Waals surface area contributed by atoms with E-state index in [4.69, 9.17) is 16.0 Å². The number of hydrogen-bond donors (Lipinski definition) is 1. The number of rotatable bonds is 5. The van der Waals surface area contributed by atoms with Gasteiger partial charge in [-0.3, -0.25) is 0 Å². The van der Waals surface area contributed by atoms with E-state index in [1.807, 2.05) is 0 Å². The molecule has 0 unspecified atom stereocenters. The zero-order chi connectivity index (χ0) is 13.9. The van der Waals surface area contributed by atoms with Crippen LogP contribution in [0.25, 0.3) is 0 Å². The summed E-state index contributed by atoms with van der Waals surface area (Å²) in [4.78, 5) is -0.420. The third kappa shape index (κ3) is 3.56. The lowest BCUT2D eigenvalue weighted by atomic mass is 10.3. The first-order valence-corrected chi connectivity index (χ1v) is 7.32. The van der Waals surface area contributed by atoms with Crippen molar-refractivity contribution < 1.29 is 17.2 Å². The average Bonchev–Trinajstić information content (AvgIpc) is 2.81. The average molecular weight is 304 g/mol. The van der Waals surface area contributed by atoms with Crippen LogP contribution in [0.1, 0.15) is 5.76 Å². The first kappa shape index (κ1) is 14.0. The molecule has 2 rings (SSSR count). The highest BCUT2D eigenvalue weighted by molar-refractivity contribution is 7.89. The van der Waals surface area contributed by atoms with Crippen LogP contribution in [0.15, 0.2) is 45.9 Å². The topological polar surface area (TPSA) is 59.3 Å². The highest BCUT2D eigenvalue weighted by Gasteiger charge is 2.18. The van der Waals surface area contributed by atoms with E-state index in [1.54, 1.807) is 12.1 Å². The van der Waals surface area contributed by atoms with Crippen molar-refractivity contribution in [3.05, 3.63) is 53.2 Å². The van der Waals surface area contributed by atoms with Crippen molar-refractivity contribution in [2.75, 3.05) is 6.54 Å². The maximum atomic E-state index is 13.5. The summed E-state index contributed by atoms with van der Waals surface area (Å²) in [5.41, 5.74) is 0. The number of halogens is 2. The molecule has 0 atom stereocenters. The van der Waals surface area contributed by atoms with Gasteiger partial charge in [-0.05, 0) is 30.3 Å². The van der Waals surface area contributed by atoms with Crippen LogP contribution in [0.4, 0.5) is 4.39 Å². The van der Waals surface area contributed by atoms with E-state index in [9.17, 15) is 12.8 Å². The predicted molar refractivity (Wildman–Crippen MR) is 69.0 cm³/mol. The van der Waals surface area contributed by atoms with Gasteiger partial charge < -0.3 is 4.42 Å². The van der Waals surface area contributed by atoms with Gasteiger partial charge in [0.05, 0.1) is 6.26 Å². The second-order valence-corrected chi connectivity index (χ2v) is 5.97. The van der Waals surface area contributed by atoms with Crippen molar-refractivity contribution in [3.8, 4) is 0 Å². The predicted octanol–water partition coefficient (Wildman–Crippen LogP) is 2.59. The van der Waals surface area contributed by atoms with E-state index in [0.717, 1.165) is 12.1 Å². The largest absolute Gasteiger partial charge is 0.469 e. The van der Waals surface area contributed by atoms with E-state index in [0.29, 0.717) is 12.2 Å². The van der Waals surface area contributed by atoms with Gasteiger partial charge in [-0.15, -0.1) is 0 Å². The van der Waals surface area contributed by atoms with Gasteiger partial charge in [-0.1, -0.05) is 11.6 Å². The third-order valence-corrected chi connectivity index (χ3v) is 4.16. The first-order chi connectivity index (χ1) is 8.99. The molecule has 0 radical (unpaired) electrons. The van der Waals surface area contributed by atoms with E-state index in [2.05, 4.69) is 4.72 Å². The summed E-state index contributed by atoms with van der Waals surface area (Å²) in [6.07, 6.45) is 1.89. The Labute approximate surface area is 115 Å². The van der Waals surface area contributed by atoms with Crippen molar-refractivity contribution in [2.24, 2.45) is 0 Å². The molecule has 0 bridgehead atoms. The number of benzene rings is 1. The summed E-state index contributed by atoms with van der Waals surface area (Å²) in [7, 11) is -3.89. The standard InChI is InChI=1S/C12H11ClFNO3S/c13-9-3-4-12(11(14)8-9)19(16,17)15-6-5-10-2-1-7-18-10/h1-4,7-8,15H,5-6H2. The minimum absolute atomic E-state index is 0.123. The quantitative estimate of drug-likeness (QED) is 0.923. The molecular formula is C12H11ClFNO3S. The number of nitrogens with one attached hydrogen (secondary N) is 1. The summed E-state index contributed by atoms with van der Waals surface area (Å²) in [6, 6.07) is 6.86. The molecule has 0 fully saturated rings. The van der Waals surface area contributed by atoms with Crippen molar-refractivity contribution in [3.63, 3.8) is 0 Å². The van der Waals surface area contributed by atoms with Gasteiger partial charge in [0.1, 0.15) is 16.5 Å². The molecule has 1 N–H and O–H groups in total. The summed E-state index contributed by atoms with van der Waals surface area (Å²) in [5.74, 6) is -0.225. The van der Waals surface area contributed by atoms with Gasteiger partial charge in [0.2, 0.25) is 10.0 Å². The lowest BCUT2D eigenvalue weighted by Crippen LogP contribution is -2.26. The van der Waals surface area contributed by atoms with E-state index >= 15 is 0 Å². The zero-order valence-corrected chi connectivity index (χ0v) is 11.3. The molecule has 0 saturated carbocycles. The summed E-state index contributed by atoms with van der Waals surface area (Å²) in [5, 5.41) is 0.145. The molecule has 102 valence electrons. The molecule has 19 heavy (non-hydrogen) atoms. The summed E-state index contributed by atoms with van der Waals surface area (Å²) in [6.45, 7) is 0.123. The highest BCUT2D eigenvalue weighted by atomic mass is 35.5. The second kappa shape index (κ2) is 5.73. The van der Waals surface area contributed by atoms with Crippen LogP contribution in [-0.2, 0) is 16.4 Å². The van der Waals surface area contributed by atoms with Crippen molar-refractivity contribution in [1.82, 2.24) is 4.72 Å². The SMILES string of the molecule is O=S(=O)(NCCc1ccco1)c1ccc(Cl)cc1F. The van der Waals surface area contributed by atoms with Crippen molar-refractivity contribution in [2.45, 2.75) is 11.3 Å². The fraction of sp³-hybridized carbons (Fsp3) is 0.167. The molecule has 0 aliphatic heterocycles. The molecule has 4 nitrogen and oxygen atoms in total. The van der Waals surface area contributed by atoms with Crippen molar-refractivity contribution in [1.29, 1.82) is 0 Å². The Morgan fingerprint density at radius 2 is 2.11 bits per heavy atom. The van der Waals surface area contributed by atoms with Crippen LogP contribution in [0, 0.1) is 5.82 Å². The molecule has 1 aromatic carbocycles. The molecule has 0 saturated heterocycles. The minimum atomic E-state index is -3.89. The smallest absolute Gasteiger partial charge is 0.243 e. The number of furan rings is 1. The fourth-order valence-electron chi connectivity index (χ4n) is 1.53. The van der Waals surface area contributed by atoms with Gasteiger partial charge in [-0.2, -0.15) is 0 Å². The van der Waals surface area contributed by atoms with Crippen LogP contribution in [0.3, 0.4) is 0 Å². The van der Waals surface area contributed by atoms with E-state index < -0.39 is 20.7 Å². The maximum absolute atomic E-state index is 13.5. The molecule has 7 heteroatoms. The summed E-state index contributed by atoms with van der Waals surface area (Å²) >= 11 is 5.57. The lowest BCUT2D eigenvalue weighted by molar-refractivity contribution is 0.505. The monoisotopic (exact) mass is 303 g/mol. The first-order valence-electron chi connectivity index (χ1n) is 5.46. The minimum Gasteiger partial charge on any atom is -0.469 e. The van der Waals surface area contributed by atoms with E-state index in [1.165, 1.54) is 12.3 Å². The molecule has 0 spiro atoms. The van der Waals surface area contributed by atoms with Crippen LogP contribution < -0.4 is 4.72 Å². The lowest BCUT2D eigenvalue weighted by Gasteiger charge is -2.07. The molecular weight excluding hydrogens is 293 g/mol. The normalized spacial score (nSPS) is 11.7. The molecule has 2 aromatic rings. The third-order valence-electron chi connectivity index (χ3n) is 2.43. The van der Waals surface area contributed by atoms with Crippen molar-refractivity contribution >= 4 is 21.6 Å². The van der Waals surface area contributed by atoms with Crippen LogP contribution in [-0.4, -0.2) is 15.0 Å². The Morgan fingerprint density at radius 1 is 1.32 bits per heavy atom. The molecule has 0 aliphatic carbocycles. The van der Waals surface area contributed by atoms with E-state index in [-0.39, 0.29) is 11.6 Å². The Morgan fingerprint density at radius 3 is 2.74 bits per heavy atom. The molecule has 1 heterocycles. The Bertz CT molecular complexity index is 656. The second-order valence-electron chi connectivity index (χ2n) is 3.80. The molecule has 0 aliphatic rings. The van der Waals surface area contributed by atoms with Crippen LogP contribution in [0.5, 0.6) is 0 Å². The number of sulfonamides is 1. The Balaban J connectivity index is 2.05. The Hall–Kier alpha value is -1.37. The van der Waals surface area contributed by atoms with Gasteiger partial charge in [0.25, 0.3) is 0 Å². The maximum Gasteiger partial charge on any atom is 0.243 e. The Kier molecular flexibility index (Phi) is 4.24. The highest BCUT2D eigenvalue weighted by Crippen LogP contribution is 2.18. The van der Waals surface area contributed by atoms with Gasteiger partial charge in [0, 0.05) is 18.0 Å². The van der Waals surface area contributed by atoms with Crippen LogP contribution in [0.2, 0.25) is 5.02 Å². The van der Waals surface area contributed by atoms with Gasteiger partial charge in [-0.25, -0.2) is 17.5 Å².